The number of fused-ring (bicyclic) bond motifs is 5. The quantitative estimate of drug-likeness (QED) is 0.0427. The molecule has 0 N–H and O–H groups in total. The Labute approximate surface area is 362 Å². The van der Waals surface area contributed by atoms with Crippen LogP contribution < -0.4 is 14.8 Å². The van der Waals surface area contributed by atoms with Gasteiger partial charge in [-0.2, -0.15) is 17.6 Å². The van der Waals surface area contributed by atoms with Gasteiger partial charge in [-0.05, 0) is 17.5 Å². The van der Waals surface area contributed by atoms with Crippen LogP contribution in [0.1, 0.15) is 11.1 Å². The van der Waals surface area contributed by atoms with E-state index in [0.29, 0.717) is 6.07 Å². The van der Waals surface area contributed by atoms with Gasteiger partial charge in [0.25, 0.3) is 0 Å². The van der Waals surface area contributed by atoms with Gasteiger partial charge in [-0.3, -0.25) is 0 Å². The van der Waals surface area contributed by atoms with E-state index in [1.807, 2.05) is 0 Å². The lowest BCUT2D eigenvalue weighted by atomic mass is 9.72. The fourth-order valence-electron chi connectivity index (χ4n) is 8.60. The first-order valence-electron chi connectivity index (χ1n) is 18.3. The third-order valence-electron chi connectivity index (χ3n) is 11.5. The summed E-state index contributed by atoms with van der Waals surface area (Å²) in [6, 6.07) is 2.39. The number of alkyl halides is 2. The number of hydrogen-bond donors (Lipinski definition) is 0. The van der Waals surface area contributed by atoms with Gasteiger partial charge in [0.2, 0.25) is 5.82 Å². The van der Waals surface area contributed by atoms with E-state index in [9.17, 15) is 17.6 Å². The molecular weight excluding hydrogens is 996 g/mol. The van der Waals surface area contributed by atoms with Crippen LogP contribution in [-0.4, -0.2) is 7.12 Å². The maximum absolute atomic E-state index is 16.6. The molecule has 10 rings (SSSR count). The van der Waals surface area contributed by atoms with Crippen molar-refractivity contribution in [3.05, 3.63) is 158 Å². The molecule has 0 aliphatic heterocycles. The van der Waals surface area contributed by atoms with Crippen molar-refractivity contribution in [3.63, 3.8) is 0 Å². The third-order valence-corrected chi connectivity index (χ3v) is 11.5. The lowest BCUT2D eigenvalue weighted by Gasteiger charge is -2.25. The van der Waals surface area contributed by atoms with Gasteiger partial charge in [0.1, 0.15) is 17.4 Å². The second kappa shape index (κ2) is 14.6. The molecule has 0 amide bonds. The van der Waals surface area contributed by atoms with Crippen LogP contribution >= 0.6 is 0 Å². The fourth-order valence-corrected chi connectivity index (χ4v) is 8.60. The number of benzene rings is 9. The Hall–Kier alpha value is -7.41. The maximum Gasteiger partial charge on any atom is 0.636 e. The Morgan fingerprint density at radius 2 is 0.739 bits per heavy atom. The fraction of sp³-hybridized carbons (Fsp3) is 0.0233. The molecule has 0 heterocycles. The Bertz CT molecular complexity index is 3890. The third kappa shape index (κ3) is 5.49. The average molecular weight is 1000 g/mol. The number of hydrogen-bond acceptors (Lipinski definition) is 2. The molecule has 0 aromatic heterocycles. The van der Waals surface area contributed by atoms with Crippen LogP contribution in [0.5, 0.6) is 11.5 Å². The van der Waals surface area contributed by atoms with Gasteiger partial charge in [-0.15, -0.1) is 0 Å². The van der Waals surface area contributed by atoms with E-state index >= 15 is 83.4 Å². The second-order valence-corrected chi connectivity index (χ2v) is 14.9. The van der Waals surface area contributed by atoms with E-state index in [0.717, 1.165) is 12.1 Å². The molecule has 9 aromatic carbocycles. The molecule has 0 radical (unpaired) electrons. The predicted octanol–water partition coefficient (Wildman–Crippen LogP) is 13.8. The number of rotatable bonds is 5. The maximum atomic E-state index is 16.6. The zero-order chi connectivity index (χ0) is 50.3. The molecule has 26 heteroatoms. The summed E-state index contributed by atoms with van der Waals surface area (Å²) < 4.78 is 369. The normalized spacial score (nSPS) is 13.3. The van der Waals surface area contributed by atoms with Crippen molar-refractivity contribution < 1.29 is 110 Å². The lowest BCUT2D eigenvalue weighted by Crippen LogP contribution is -2.49. The second-order valence-electron chi connectivity index (χ2n) is 14.9. The van der Waals surface area contributed by atoms with E-state index in [1.54, 1.807) is 0 Å². The first-order chi connectivity index (χ1) is 32.3. The molecule has 0 atom stereocenters. The van der Waals surface area contributed by atoms with Gasteiger partial charge in [-0.25, -0.2) is 83.4 Å². The molecule has 0 unspecified atom stereocenters. The van der Waals surface area contributed by atoms with Crippen LogP contribution in [0.2, 0.25) is 0 Å². The predicted molar refractivity (Wildman–Crippen MR) is 192 cm³/mol. The van der Waals surface area contributed by atoms with Crippen LogP contribution in [0.25, 0.3) is 65.0 Å². The molecule has 352 valence electrons. The van der Waals surface area contributed by atoms with Crippen LogP contribution in [0.4, 0.5) is 101 Å². The minimum Gasteiger partial charge on any atom is -0.519 e. The highest BCUT2D eigenvalue weighted by atomic mass is 19.3. The van der Waals surface area contributed by atoms with Crippen LogP contribution in [0, 0.1) is 122 Å². The lowest BCUT2D eigenvalue weighted by molar-refractivity contribution is 0.0433. The van der Waals surface area contributed by atoms with Crippen molar-refractivity contribution in [2.24, 2.45) is 0 Å². The summed E-state index contributed by atoms with van der Waals surface area (Å²) in [6.45, 7) is 0. The van der Waals surface area contributed by atoms with Crippen molar-refractivity contribution >= 4 is 66.4 Å². The molecular formula is C43H4BF23O2. The topological polar surface area (TPSA) is 18.5 Å². The van der Waals surface area contributed by atoms with Gasteiger partial charge < -0.3 is 9.31 Å². The minimum atomic E-state index is -5.85. The molecule has 0 fully saturated rings. The minimum absolute atomic E-state index is 0.284. The van der Waals surface area contributed by atoms with Crippen LogP contribution in [-0.2, 0) is 5.92 Å². The first-order valence-corrected chi connectivity index (χ1v) is 18.3. The van der Waals surface area contributed by atoms with Crippen molar-refractivity contribution in [1.82, 2.24) is 0 Å². The van der Waals surface area contributed by atoms with Crippen molar-refractivity contribution in [1.29, 1.82) is 0 Å². The Morgan fingerprint density at radius 3 is 1.32 bits per heavy atom. The molecule has 0 spiro atoms. The Morgan fingerprint density at radius 1 is 0.333 bits per heavy atom. The van der Waals surface area contributed by atoms with E-state index in [-0.39, 0.29) is 6.07 Å². The molecule has 9 aromatic rings. The standard InChI is InChI=1S/C43H4BF23O2/c45-7-3-1-2-5-4-6-9(21(46)8(5)7)22(47)37(62)40(65)41(6)68-44(20-18-12(23(48)35(60)33(20)58)13-19(43(18,66)67)32(57)38(63)36(61)24(13)49)69-42-17-11-10-14(25(50)26(51)16(11)30(55)39(42)64)28(53)34(59)29(54)15(10)27(52)31(17)56/h1-4H. The van der Waals surface area contributed by atoms with Crippen LogP contribution in [0.3, 0.4) is 0 Å². The largest absolute Gasteiger partial charge is 0.636 e. The summed E-state index contributed by atoms with van der Waals surface area (Å²) in [6.07, 6.45) is 0. The Balaban J connectivity index is 1.38. The van der Waals surface area contributed by atoms with E-state index < -0.39 is 228 Å². The van der Waals surface area contributed by atoms with Gasteiger partial charge in [0.05, 0.1) is 43.3 Å². The smallest absolute Gasteiger partial charge is 0.519 e. The van der Waals surface area contributed by atoms with E-state index in [1.165, 1.54) is 0 Å². The molecule has 0 bridgehead atoms. The first kappa shape index (κ1) is 45.4. The highest BCUT2D eigenvalue weighted by molar-refractivity contribution is 6.64. The molecule has 69 heavy (non-hydrogen) atoms. The van der Waals surface area contributed by atoms with Gasteiger partial charge in [-0.1, -0.05) is 12.1 Å². The van der Waals surface area contributed by atoms with Crippen molar-refractivity contribution in [3.8, 4) is 22.6 Å². The molecule has 1 aliphatic carbocycles. The SMILES string of the molecule is Fc1c(F)c(F)c2c(c1F)-c1c(F)c(F)c(F)c(B(Oc3c(F)c(F)c(F)c4c(F)c5c(F)cccc5cc34)Oc3c(F)c(F)c4c(F)c(F)c5c(F)c(F)c(F)c6c(F)c(F)c3c4c56)c1C2(F)F. The summed E-state index contributed by atoms with van der Waals surface area (Å²) in [5, 5.41) is -18.4. The zero-order valence-electron chi connectivity index (χ0n) is 31.9. The summed E-state index contributed by atoms with van der Waals surface area (Å²) in [4.78, 5) is 0. The average Bonchev–Trinajstić information content (AvgIpc) is 3.55. The Kier molecular flexibility index (Phi) is 9.57. The number of halogens is 23. The molecule has 0 saturated carbocycles. The van der Waals surface area contributed by atoms with Gasteiger partial charge in [0, 0.05) is 32.8 Å². The highest BCUT2D eigenvalue weighted by Crippen LogP contribution is 2.56. The molecule has 0 saturated heterocycles. The highest BCUT2D eigenvalue weighted by Gasteiger charge is 2.57. The summed E-state index contributed by atoms with van der Waals surface area (Å²) >= 11 is 0. The van der Waals surface area contributed by atoms with Gasteiger partial charge in [0.15, 0.2) is 110 Å². The van der Waals surface area contributed by atoms with E-state index in [2.05, 4.69) is 0 Å². The summed E-state index contributed by atoms with van der Waals surface area (Å²) in [5.74, 6) is -70.5. The van der Waals surface area contributed by atoms with Gasteiger partial charge >= 0.3 is 13.0 Å². The summed E-state index contributed by atoms with van der Waals surface area (Å²) in [7, 11) is -4.29. The zero-order valence-corrected chi connectivity index (χ0v) is 31.9. The van der Waals surface area contributed by atoms with Crippen molar-refractivity contribution in [2.45, 2.75) is 5.92 Å². The molecule has 2 nitrogen and oxygen atoms in total. The monoisotopic (exact) mass is 1000 g/mol. The summed E-state index contributed by atoms with van der Waals surface area (Å²) in [5.41, 5.74) is -13.5. The van der Waals surface area contributed by atoms with E-state index in [4.69, 9.17) is 9.31 Å². The molecule has 1 aliphatic rings. The van der Waals surface area contributed by atoms with Crippen LogP contribution in [0.15, 0.2) is 24.3 Å². The van der Waals surface area contributed by atoms with Crippen molar-refractivity contribution in [2.75, 3.05) is 0 Å².